The van der Waals surface area contributed by atoms with Gasteiger partial charge >= 0.3 is 0 Å². The third-order valence-electron chi connectivity index (χ3n) is 4.37. The summed E-state index contributed by atoms with van der Waals surface area (Å²) in [6, 6.07) is 16.4. The van der Waals surface area contributed by atoms with Crippen molar-refractivity contribution in [1.29, 1.82) is 0 Å². The summed E-state index contributed by atoms with van der Waals surface area (Å²) in [4.78, 5) is 0.491. The van der Waals surface area contributed by atoms with Crippen molar-refractivity contribution in [3.63, 3.8) is 0 Å². The lowest BCUT2D eigenvalue weighted by Gasteiger charge is -2.09. The molecule has 0 aliphatic rings. The smallest absolute Gasteiger partial charge is 0.240 e. The van der Waals surface area contributed by atoms with Gasteiger partial charge in [-0.1, -0.05) is 36.4 Å². The molecule has 0 heterocycles. The van der Waals surface area contributed by atoms with E-state index in [9.17, 15) is 16.8 Å². The predicted molar refractivity (Wildman–Crippen MR) is 125 cm³/mol. The number of sulfonamides is 2. The second kappa shape index (κ2) is 15.1. The Morgan fingerprint density at radius 1 is 0.515 bits per heavy atom. The zero-order valence-corrected chi connectivity index (χ0v) is 20.2. The van der Waals surface area contributed by atoms with E-state index in [-0.39, 0.29) is 9.79 Å². The molecule has 0 unspecified atom stereocenters. The minimum atomic E-state index is -3.47. The predicted octanol–water partition coefficient (Wildman–Crippen LogP) is 1.77. The van der Waals surface area contributed by atoms with Gasteiger partial charge in [0, 0.05) is 26.3 Å². The van der Waals surface area contributed by atoms with Crippen molar-refractivity contribution >= 4 is 20.0 Å². The summed E-state index contributed by atoms with van der Waals surface area (Å²) in [7, 11) is -6.95. The van der Waals surface area contributed by atoms with Crippen LogP contribution in [0, 0.1) is 0 Å². The van der Waals surface area contributed by atoms with Crippen molar-refractivity contribution in [3.05, 3.63) is 60.7 Å². The van der Waals surface area contributed by atoms with Gasteiger partial charge in [-0.15, -0.1) is 0 Å². The number of rotatable bonds is 18. The van der Waals surface area contributed by atoms with Crippen molar-refractivity contribution in [3.8, 4) is 0 Å². The Hall–Kier alpha value is -1.86. The molecule has 0 fully saturated rings. The molecule has 0 saturated carbocycles. The van der Waals surface area contributed by atoms with E-state index in [2.05, 4.69) is 9.44 Å². The monoisotopic (exact) mass is 500 g/mol. The van der Waals surface area contributed by atoms with Gasteiger partial charge in [-0.3, -0.25) is 0 Å². The average Bonchev–Trinajstić information content (AvgIpc) is 2.82. The van der Waals surface area contributed by atoms with Crippen LogP contribution in [0.5, 0.6) is 0 Å². The molecule has 2 N–H and O–H groups in total. The van der Waals surface area contributed by atoms with Gasteiger partial charge in [-0.05, 0) is 37.1 Å². The summed E-state index contributed by atoms with van der Waals surface area (Å²) in [6.07, 6.45) is 1.12. The highest BCUT2D eigenvalue weighted by molar-refractivity contribution is 7.89. The lowest BCUT2D eigenvalue weighted by atomic mass is 10.4. The second-order valence-corrected chi connectivity index (χ2v) is 10.5. The number of hydrogen-bond donors (Lipinski definition) is 2. The zero-order chi connectivity index (χ0) is 23.8. The molecule has 2 aromatic carbocycles. The molecule has 184 valence electrons. The van der Waals surface area contributed by atoms with E-state index in [0.717, 1.165) is 0 Å². The molecule has 0 saturated heterocycles. The summed E-state index contributed by atoms with van der Waals surface area (Å²) in [5, 5.41) is 0. The van der Waals surface area contributed by atoms with Gasteiger partial charge < -0.3 is 14.2 Å². The van der Waals surface area contributed by atoms with Crippen molar-refractivity contribution in [2.75, 3.05) is 52.7 Å². The van der Waals surface area contributed by atoms with Crippen molar-refractivity contribution < 1.29 is 31.0 Å². The third kappa shape index (κ3) is 11.2. The van der Waals surface area contributed by atoms with E-state index < -0.39 is 20.0 Å². The lowest BCUT2D eigenvalue weighted by Crippen LogP contribution is -2.25. The molecular formula is C22H32N2O7S2. The van der Waals surface area contributed by atoms with Crippen LogP contribution in [0.1, 0.15) is 12.8 Å². The molecule has 0 radical (unpaired) electrons. The Balaban J connectivity index is 1.37. The first-order valence-electron chi connectivity index (χ1n) is 10.7. The SMILES string of the molecule is O=S(=O)(NCCCOCCOCCOCCCNS(=O)(=O)c1ccccc1)c1ccccc1. The first-order valence-corrected chi connectivity index (χ1v) is 13.7. The molecule has 0 aliphatic heterocycles. The minimum absolute atomic E-state index is 0.245. The van der Waals surface area contributed by atoms with E-state index in [1.165, 1.54) is 0 Å². The van der Waals surface area contributed by atoms with Gasteiger partial charge in [0.2, 0.25) is 20.0 Å². The normalized spacial score (nSPS) is 12.1. The van der Waals surface area contributed by atoms with E-state index in [4.69, 9.17) is 14.2 Å². The van der Waals surface area contributed by atoms with Gasteiger partial charge in [-0.25, -0.2) is 26.3 Å². The van der Waals surface area contributed by atoms with Crippen LogP contribution in [0.3, 0.4) is 0 Å². The van der Waals surface area contributed by atoms with Crippen LogP contribution in [0.2, 0.25) is 0 Å². The first kappa shape index (κ1) is 27.4. The molecule has 0 amide bonds. The highest BCUT2D eigenvalue weighted by Crippen LogP contribution is 2.07. The number of nitrogens with one attached hydrogen (secondary N) is 2. The van der Waals surface area contributed by atoms with Gasteiger partial charge in [0.1, 0.15) is 0 Å². The Bertz CT molecular complexity index is 904. The molecule has 2 rings (SSSR count). The Morgan fingerprint density at radius 3 is 1.21 bits per heavy atom. The Labute approximate surface area is 196 Å². The zero-order valence-electron chi connectivity index (χ0n) is 18.5. The maximum absolute atomic E-state index is 12.0. The first-order chi connectivity index (χ1) is 15.9. The van der Waals surface area contributed by atoms with Crippen LogP contribution < -0.4 is 9.44 Å². The lowest BCUT2D eigenvalue weighted by molar-refractivity contribution is 0.0141. The van der Waals surface area contributed by atoms with Gasteiger partial charge in [0.25, 0.3) is 0 Å². The van der Waals surface area contributed by atoms with Crippen molar-refractivity contribution in [2.45, 2.75) is 22.6 Å². The minimum Gasteiger partial charge on any atom is -0.379 e. The van der Waals surface area contributed by atoms with Crippen LogP contribution in [-0.2, 0) is 34.3 Å². The molecule has 0 aromatic heterocycles. The van der Waals surface area contributed by atoms with Gasteiger partial charge in [0.05, 0.1) is 36.2 Å². The third-order valence-corrected chi connectivity index (χ3v) is 7.32. The molecule has 0 atom stereocenters. The Morgan fingerprint density at radius 2 is 0.848 bits per heavy atom. The molecule has 11 heteroatoms. The van der Waals surface area contributed by atoms with Crippen LogP contribution >= 0.6 is 0 Å². The van der Waals surface area contributed by atoms with E-state index >= 15 is 0 Å². The molecular weight excluding hydrogens is 468 g/mol. The number of hydrogen-bond acceptors (Lipinski definition) is 7. The van der Waals surface area contributed by atoms with Crippen LogP contribution in [-0.4, -0.2) is 69.6 Å². The van der Waals surface area contributed by atoms with E-state index in [0.29, 0.717) is 65.6 Å². The van der Waals surface area contributed by atoms with Gasteiger partial charge in [-0.2, -0.15) is 0 Å². The van der Waals surface area contributed by atoms with Crippen LogP contribution in [0.15, 0.2) is 70.5 Å². The fraction of sp³-hybridized carbons (Fsp3) is 0.455. The molecule has 0 spiro atoms. The maximum atomic E-state index is 12.0. The number of ether oxygens (including phenoxy) is 3. The quantitative estimate of drug-likeness (QED) is 0.299. The fourth-order valence-electron chi connectivity index (χ4n) is 2.67. The molecule has 0 aliphatic carbocycles. The van der Waals surface area contributed by atoms with E-state index in [1.54, 1.807) is 60.7 Å². The molecule has 33 heavy (non-hydrogen) atoms. The topological polar surface area (TPSA) is 120 Å². The summed E-state index contributed by atoms with van der Waals surface area (Å²) in [5.41, 5.74) is 0. The fourth-order valence-corrected chi connectivity index (χ4v) is 4.86. The summed E-state index contributed by atoms with van der Waals surface area (Å²) in [6.45, 7) is 3.10. The highest BCUT2D eigenvalue weighted by Gasteiger charge is 2.12. The highest BCUT2D eigenvalue weighted by atomic mass is 32.2. The summed E-state index contributed by atoms with van der Waals surface area (Å²) >= 11 is 0. The molecule has 9 nitrogen and oxygen atoms in total. The van der Waals surface area contributed by atoms with Crippen molar-refractivity contribution in [2.24, 2.45) is 0 Å². The second-order valence-electron chi connectivity index (χ2n) is 6.97. The van der Waals surface area contributed by atoms with Crippen LogP contribution in [0.25, 0.3) is 0 Å². The van der Waals surface area contributed by atoms with Crippen molar-refractivity contribution in [1.82, 2.24) is 9.44 Å². The summed E-state index contributed by atoms with van der Waals surface area (Å²) in [5.74, 6) is 0. The Kier molecular flexibility index (Phi) is 12.5. The van der Waals surface area contributed by atoms with Crippen LogP contribution in [0.4, 0.5) is 0 Å². The maximum Gasteiger partial charge on any atom is 0.240 e. The average molecular weight is 501 g/mol. The van der Waals surface area contributed by atoms with E-state index in [1.807, 2.05) is 0 Å². The summed E-state index contributed by atoms with van der Waals surface area (Å²) < 4.78 is 69.5. The number of benzene rings is 2. The molecule has 2 aromatic rings. The largest absolute Gasteiger partial charge is 0.379 e. The van der Waals surface area contributed by atoms with Gasteiger partial charge in [0.15, 0.2) is 0 Å². The standard InChI is InChI=1S/C22H32N2O7S2/c25-32(26,21-9-3-1-4-10-21)23-13-7-15-29-17-19-31-20-18-30-16-8-14-24-33(27,28)22-11-5-2-6-12-22/h1-6,9-12,23-24H,7-8,13-20H2. The molecule has 0 bridgehead atoms.